The maximum Gasteiger partial charge on any atom is 0.149 e. The van der Waals surface area contributed by atoms with Crippen LogP contribution in [0.5, 0.6) is 0 Å². The highest BCUT2D eigenvalue weighted by atomic mass is 16.1. The van der Waals surface area contributed by atoms with Gasteiger partial charge in [-0.15, -0.1) is 0 Å². The van der Waals surface area contributed by atoms with Crippen LogP contribution in [0.4, 0.5) is 0 Å². The second-order valence-electron chi connectivity index (χ2n) is 7.86. The van der Waals surface area contributed by atoms with Crippen LogP contribution >= 0.6 is 0 Å². The number of carbonyl (C=O) groups excluding carboxylic acids is 2. The summed E-state index contributed by atoms with van der Waals surface area (Å²) in [4.78, 5) is 24.6. The lowest BCUT2D eigenvalue weighted by Gasteiger charge is -2.54. The van der Waals surface area contributed by atoms with Crippen LogP contribution in [0.1, 0.15) is 56.7 Å². The van der Waals surface area contributed by atoms with Crippen molar-refractivity contribution in [1.82, 2.24) is 9.78 Å². The van der Waals surface area contributed by atoms with E-state index in [1.807, 2.05) is 11.7 Å². The van der Waals surface area contributed by atoms with E-state index in [2.05, 4.69) is 13.1 Å². The van der Waals surface area contributed by atoms with Crippen LogP contribution in [0, 0.1) is 17.3 Å². The van der Waals surface area contributed by atoms with Crippen molar-refractivity contribution in [2.24, 2.45) is 24.3 Å². The molecule has 1 aromatic rings. The first-order valence-electron chi connectivity index (χ1n) is 8.54. The van der Waals surface area contributed by atoms with Crippen molar-refractivity contribution in [2.75, 3.05) is 0 Å². The topological polar surface area (TPSA) is 52.0 Å². The lowest BCUT2D eigenvalue weighted by molar-refractivity contribution is -0.148. The molecule has 2 saturated carbocycles. The normalized spacial score (nSPS) is 36.2. The predicted molar refractivity (Wildman–Crippen MR) is 82.5 cm³/mol. The SMILES string of the molecule is Cn1cc2c(n1)[C@@]1(C)CC(C=O)C(=O)C3(CCCC3)[C@@H]1CC2. The quantitative estimate of drug-likeness (QED) is 0.592. The van der Waals surface area contributed by atoms with Crippen LogP contribution in [0.25, 0.3) is 0 Å². The summed E-state index contributed by atoms with van der Waals surface area (Å²) >= 11 is 0. The lowest BCUT2D eigenvalue weighted by Crippen LogP contribution is -2.57. The molecule has 1 unspecified atom stereocenters. The smallest absolute Gasteiger partial charge is 0.149 e. The fourth-order valence-corrected chi connectivity index (χ4v) is 5.91. The fraction of sp³-hybridized carbons (Fsp3) is 0.722. The molecule has 4 rings (SSSR count). The standard InChI is InChI=1S/C18H24N2O2/c1-17-9-13(11-21)16(22)18(7-3-4-8-18)14(17)6-5-12-10-20(2)19-15(12)17/h10-11,13-14H,3-9H2,1-2H3/t13?,14-,17+/m1/s1. The molecule has 2 fully saturated rings. The number of nitrogens with zero attached hydrogens (tertiary/aromatic N) is 2. The van der Waals surface area contributed by atoms with Gasteiger partial charge in [-0.05, 0) is 43.6 Å². The molecule has 0 aromatic carbocycles. The van der Waals surface area contributed by atoms with Gasteiger partial charge in [0.1, 0.15) is 12.1 Å². The summed E-state index contributed by atoms with van der Waals surface area (Å²) in [5.41, 5.74) is 2.08. The van der Waals surface area contributed by atoms with Crippen molar-refractivity contribution in [3.8, 4) is 0 Å². The third kappa shape index (κ3) is 1.61. The molecule has 4 nitrogen and oxygen atoms in total. The molecule has 3 atom stereocenters. The average Bonchev–Trinajstić information content (AvgIpc) is 3.11. The highest BCUT2D eigenvalue weighted by Gasteiger charge is 2.62. The first-order valence-corrected chi connectivity index (χ1v) is 8.54. The molecule has 1 spiro atoms. The zero-order valence-electron chi connectivity index (χ0n) is 13.5. The van der Waals surface area contributed by atoms with E-state index < -0.39 is 5.92 Å². The molecule has 0 saturated heterocycles. The number of hydrogen-bond donors (Lipinski definition) is 0. The molecule has 0 amide bonds. The zero-order valence-corrected chi connectivity index (χ0v) is 13.5. The number of Topliss-reactive ketones (excluding diaryl/α,β-unsaturated/α-hetero) is 1. The third-order valence-corrected chi connectivity index (χ3v) is 6.72. The molecular weight excluding hydrogens is 276 g/mol. The van der Waals surface area contributed by atoms with E-state index in [0.717, 1.165) is 50.5 Å². The highest BCUT2D eigenvalue weighted by molar-refractivity contribution is 5.99. The third-order valence-electron chi connectivity index (χ3n) is 6.72. The molecule has 0 bridgehead atoms. The number of fused-ring (bicyclic) bond motifs is 4. The summed E-state index contributed by atoms with van der Waals surface area (Å²) in [5.74, 6) is 0.155. The Kier molecular flexibility index (Phi) is 2.91. The van der Waals surface area contributed by atoms with Crippen LogP contribution in [0.15, 0.2) is 6.20 Å². The number of hydrogen-bond acceptors (Lipinski definition) is 3. The molecule has 118 valence electrons. The first kappa shape index (κ1) is 14.2. The number of aryl methyl sites for hydroxylation is 2. The summed E-state index contributed by atoms with van der Waals surface area (Å²) in [6.45, 7) is 2.26. The van der Waals surface area contributed by atoms with Gasteiger partial charge in [0, 0.05) is 24.1 Å². The van der Waals surface area contributed by atoms with Crippen molar-refractivity contribution in [1.29, 1.82) is 0 Å². The predicted octanol–water partition coefficient (Wildman–Crippen LogP) is 2.59. The summed E-state index contributed by atoms with van der Waals surface area (Å²) in [6.07, 6.45) is 9.93. The van der Waals surface area contributed by atoms with Gasteiger partial charge in [0.15, 0.2) is 0 Å². The highest BCUT2D eigenvalue weighted by Crippen LogP contribution is 2.61. The van der Waals surface area contributed by atoms with E-state index in [1.54, 1.807) is 0 Å². The van der Waals surface area contributed by atoms with E-state index in [9.17, 15) is 9.59 Å². The molecular formula is C18H24N2O2. The lowest BCUT2D eigenvalue weighted by atomic mass is 9.47. The molecule has 3 aliphatic carbocycles. The van der Waals surface area contributed by atoms with Crippen LogP contribution in [-0.4, -0.2) is 21.8 Å². The van der Waals surface area contributed by atoms with Gasteiger partial charge < -0.3 is 4.79 Å². The molecule has 3 aliphatic rings. The fourth-order valence-electron chi connectivity index (χ4n) is 5.91. The van der Waals surface area contributed by atoms with E-state index in [-0.39, 0.29) is 16.6 Å². The van der Waals surface area contributed by atoms with Crippen LogP contribution in [0.2, 0.25) is 0 Å². The Morgan fingerprint density at radius 1 is 1.36 bits per heavy atom. The van der Waals surface area contributed by atoms with Gasteiger partial charge in [0.25, 0.3) is 0 Å². The number of aldehydes is 1. The summed E-state index contributed by atoms with van der Waals surface area (Å²) in [7, 11) is 1.97. The van der Waals surface area contributed by atoms with Gasteiger partial charge in [-0.1, -0.05) is 19.8 Å². The van der Waals surface area contributed by atoms with Gasteiger partial charge in [-0.3, -0.25) is 9.48 Å². The van der Waals surface area contributed by atoms with Crippen molar-refractivity contribution in [3.05, 3.63) is 17.5 Å². The molecule has 0 radical (unpaired) electrons. The summed E-state index contributed by atoms with van der Waals surface area (Å²) in [6, 6.07) is 0. The maximum absolute atomic E-state index is 13.0. The summed E-state index contributed by atoms with van der Waals surface area (Å²) < 4.78 is 1.89. The van der Waals surface area contributed by atoms with E-state index in [4.69, 9.17) is 5.10 Å². The molecule has 1 heterocycles. The van der Waals surface area contributed by atoms with Crippen molar-refractivity contribution in [2.45, 2.75) is 57.3 Å². The number of aromatic nitrogens is 2. The van der Waals surface area contributed by atoms with Gasteiger partial charge in [-0.2, -0.15) is 5.10 Å². The Balaban J connectivity index is 1.88. The maximum atomic E-state index is 13.0. The second-order valence-corrected chi connectivity index (χ2v) is 7.86. The Morgan fingerprint density at radius 3 is 2.77 bits per heavy atom. The Morgan fingerprint density at radius 2 is 2.09 bits per heavy atom. The molecule has 0 N–H and O–H groups in total. The molecule has 4 heteroatoms. The average molecular weight is 300 g/mol. The second kappa shape index (κ2) is 4.53. The minimum atomic E-state index is -0.438. The minimum Gasteiger partial charge on any atom is -0.303 e. The first-order chi connectivity index (χ1) is 10.5. The zero-order chi connectivity index (χ0) is 15.5. The molecule has 0 aliphatic heterocycles. The van der Waals surface area contributed by atoms with Crippen LogP contribution < -0.4 is 0 Å². The Labute approximate surface area is 131 Å². The van der Waals surface area contributed by atoms with Gasteiger partial charge in [-0.25, -0.2) is 0 Å². The molecule has 22 heavy (non-hydrogen) atoms. The monoisotopic (exact) mass is 300 g/mol. The van der Waals surface area contributed by atoms with Crippen molar-refractivity contribution < 1.29 is 9.59 Å². The number of ketones is 1. The van der Waals surface area contributed by atoms with E-state index in [1.165, 1.54) is 5.56 Å². The Hall–Kier alpha value is -1.45. The van der Waals surface area contributed by atoms with Crippen molar-refractivity contribution in [3.63, 3.8) is 0 Å². The van der Waals surface area contributed by atoms with Crippen molar-refractivity contribution >= 4 is 12.1 Å². The van der Waals surface area contributed by atoms with Gasteiger partial charge in [0.05, 0.1) is 11.6 Å². The van der Waals surface area contributed by atoms with Gasteiger partial charge in [0.2, 0.25) is 0 Å². The van der Waals surface area contributed by atoms with E-state index in [0.29, 0.717) is 12.3 Å². The minimum absolute atomic E-state index is 0.126. The van der Waals surface area contributed by atoms with Crippen LogP contribution in [-0.2, 0) is 28.5 Å². The van der Waals surface area contributed by atoms with Crippen LogP contribution in [0.3, 0.4) is 0 Å². The summed E-state index contributed by atoms with van der Waals surface area (Å²) in [5, 5.41) is 4.75. The van der Waals surface area contributed by atoms with Gasteiger partial charge >= 0.3 is 0 Å². The number of carbonyl (C=O) groups is 2. The number of rotatable bonds is 1. The molecule has 1 aromatic heterocycles. The van der Waals surface area contributed by atoms with E-state index >= 15 is 0 Å². The Bertz CT molecular complexity index is 642. The largest absolute Gasteiger partial charge is 0.303 e.